The van der Waals surface area contributed by atoms with Crippen LogP contribution in [0.2, 0.25) is 0 Å². The molecule has 1 aromatic rings. The maximum absolute atomic E-state index is 12.1. The molecular weight excluding hydrogens is 311 g/mol. The number of rotatable bonds is 5. The van der Waals surface area contributed by atoms with Gasteiger partial charge in [-0.2, -0.15) is 0 Å². The van der Waals surface area contributed by atoms with Crippen molar-refractivity contribution in [3.63, 3.8) is 0 Å². The summed E-state index contributed by atoms with van der Waals surface area (Å²) in [7, 11) is 0. The molecule has 1 aliphatic rings. The fraction of sp³-hybridized carbons (Fsp3) is 0.562. The van der Waals surface area contributed by atoms with Gasteiger partial charge in [-0.1, -0.05) is 12.1 Å². The highest BCUT2D eigenvalue weighted by Gasteiger charge is 2.31. The summed E-state index contributed by atoms with van der Waals surface area (Å²) in [6.45, 7) is 1.93. The van der Waals surface area contributed by atoms with Crippen LogP contribution < -0.4 is 10.1 Å². The lowest BCUT2D eigenvalue weighted by Crippen LogP contribution is -2.36. The molecule has 0 unspecified atom stereocenters. The summed E-state index contributed by atoms with van der Waals surface area (Å²) in [5, 5.41) is 12.4. The quantitative estimate of drug-likeness (QED) is 0.860. The Labute approximate surface area is 132 Å². The van der Waals surface area contributed by atoms with Crippen LogP contribution in [-0.4, -0.2) is 23.5 Å². The number of halogens is 3. The highest BCUT2D eigenvalue weighted by molar-refractivity contribution is 5.70. The molecule has 0 radical (unpaired) electrons. The lowest BCUT2D eigenvalue weighted by molar-refractivity contribution is -0.274. The molecule has 0 bridgehead atoms. The average Bonchev–Trinajstić information content (AvgIpc) is 2.46. The predicted octanol–water partition coefficient (Wildman–Crippen LogP) is 3.88. The molecule has 2 N–H and O–H groups in total. The first kappa shape index (κ1) is 17.6. The fourth-order valence-electron chi connectivity index (χ4n) is 2.91. The van der Waals surface area contributed by atoms with Gasteiger partial charge in [0, 0.05) is 12.1 Å². The monoisotopic (exact) mass is 331 g/mol. The van der Waals surface area contributed by atoms with Crippen LogP contribution in [0.4, 0.5) is 13.2 Å². The zero-order chi connectivity index (χ0) is 17.0. The first-order chi connectivity index (χ1) is 10.7. The maximum atomic E-state index is 12.1. The van der Waals surface area contributed by atoms with E-state index >= 15 is 0 Å². The Bertz CT molecular complexity index is 522. The van der Waals surface area contributed by atoms with Crippen molar-refractivity contribution in [3.05, 3.63) is 29.8 Å². The van der Waals surface area contributed by atoms with Crippen LogP contribution in [0.1, 0.15) is 44.2 Å². The fourth-order valence-corrected chi connectivity index (χ4v) is 2.91. The zero-order valence-electron chi connectivity index (χ0n) is 12.8. The Hall–Kier alpha value is -1.76. The van der Waals surface area contributed by atoms with Crippen molar-refractivity contribution >= 4 is 5.97 Å². The van der Waals surface area contributed by atoms with Crippen LogP contribution >= 0.6 is 0 Å². The largest absolute Gasteiger partial charge is 0.573 e. The predicted molar refractivity (Wildman–Crippen MR) is 78.1 cm³/mol. The summed E-state index contributed by atoms with van der Waals surface area (Å²) >= 11 is 0. The third-order valence-corrected chi connectivity index (χ3v) is 4.18. The van der Waals surface area contributed by atoms with E-state index in [-0.39, 0.29) is 23.8 Å². The van der Waals surface area contributed by atoms with Crippen molar-refractivity contribution in [1.29, 1.82) is 0 Å². The van der Waals surface area contributed by atoms with Crippen molar-refractivity contribution in [3.8, 4) is 5.75 Å². The molecule has 4 nitrogen and oxygen atoms in total. The molecule has 1 aromatic carbocycles. The first-order valence-corrected chi connectivity index (χ1v) is 7.59. The van der Waals surface area contributed by atoms with Crippen LogP contribution in [0.15, 0.2) is 24.3 Å². The minimum Gasteiger partial charge on any atom is -0.481 e. The Morgan fingerprint density at radius 3 is 2.26 bits per heavy atom. The van der Waals surface area contributed by atoms with Gasteiger partial charge in [0.1, 0.15) is 5.75 Å². The van der Waals surface area contributed by atoms with Gasteiger partial charge in [-0.25, -0.2) is 0 Å². The summed E-state index contributed by atoms with van der Waals surface area (Å²) in [6.07, 6.45) is -1.81. The number of carboxylic acid groups (broad SMARTS) is 1. The molecule has 1 saturated carbocycles. The molecule has 0 aliphatic heterocycles. The molecule has 0 amide bonds. The zero-order valence-corrected chi connectivity index (χ0v) is 12.8. The second-order valence-electron chi connectivity index (χ2n) is 5.89. The maximum Gasteiger partial charge on any atom is 0.573 e. The Balaban J connectivity index is 1.86. The highest BCUT2D eigenvalue weighted by Crippen LogP contribution is 2.28. The molecule has 1 fully saturated rings. The second-order valence-corrected chi connectivity index (χ2v) is 5.89. The smallest absolute Gasteiger partial charge is 0.481 e. The van der Waals surface area contributed by atoms with Crippen molar-refractivity contribution in [2.75, 3.05) is 0 Å². The van der Waals surface area contributed by atoms with Crippen LogP contribution in [-0.2, 0) is 4.79 Å². The van der Waals surface area contributed by atoms with Gasteiger partial charge in [-0.15, -0.1) is 13.2 Å². The summed E-state index contributed by atoms with van der Waals surface area (Å²) in [5.41, 5.74) is 0.861. The number of hydrogen-bond donors (Lipinski definition) is 2. The van der Waals surface area contributed by atoms with Gasteiger partial charge in [-0.05, 0) is 50.3 Å². The van der Waals surface area contributed by atoms with Crippen LogP contribution in [0.3, 0.4) is 0 Å². The number of alkyl halides is 3. The average molecular weight is 331 g/mol. The van der Waals surface area contributed by atoms with E-state index in [1.807, 2.05) is 6.92 Å². The molecule has 128 valence electrons. The molecule has 0 heterocycles. The minimum absolute atomic E-state index is 0.0266. The summed E-state index contributed by atoms with van der Waals surface area (Å²) in [4.78, 5) is 10.9. The Kier molecular flexibility index (Phi) is 5.51. The SMILES string of the molecule is C[C@H](NC1CCC(C(=O)O)CC1)c1ccc(OC(F)(F)F)cc1. The number of aliphatic carboxylic acids is 1. The molecule has 1 atom stereocenters. The molecule has 0 aromatic heterocycles. The summed E-state index contributed by atoms with van der Waals surface area (Å²) in [5.74, 6) is -1.24. The van der Waals surface area contributed by atoms with Crippen LogP contribution in [0, 0.1) is 5.92 Å². The second kappa shape index (κ2) is 7.21. The lowest BCUT2D eigenvalue weighted by atomic mass is 9.85. The normalized spacial score (nSPS) is 23.3. The number of ether oxygens (including phenoxy) is 1. The molecule has 23 heavy (non-hydrogen) atoms. The van der Waals surface area contributed by atoms with Gasteiger partial charge in [-0.3, -0.25) is 4.79 Å². The van der Waals surface area contributed by atoms with Gasteiger partial charge >= 0.3 is 12.3 Å². The van der Waals surface area contributed by atoms with E-state index in [0.717, 1.165) is 18.4 Å². The van der Waals surface area contributed by atoms with Crippen molar-refractivity contribution in [2.24, 2.45) is 5.92 Å². The molecular formula is C16H20F3NO3. The topological polar surface area (TPSA) is 58.6 Å². The third-order valence-electron chi connectivity index (χ3n) is 4.18. The van der Waals surface area contributed by atoms with Gasteiger partial charge < -0.3 is 15.2 Å². The van der Waals surface area contributed by atoms with E-state index in [1.165, 1.54) is 12.1 Å². The molecule has 0 saturated heterocycles. The summed E-state index contributed by atoms with van der Waals surface area (Å²) < 4.78 is 40.2. The third kappa shape index (κ3) is 5.42. The first-order valence-electron chi connectivity index (χ1n) is 7.59. The van der Waals surface area contributed by atoms with Crippen LogP contribution in [0.25, 0.3) is 0 Å². The van der Waals surface area contributed by atoms with E-state index in [9.17, 15) is 18.0 Å². The number of carboxylic acids is 1. The van der Waals surface area contributed by atoms with E-state index in [1.54, 1.807) is 12.1 Å². The standard InChI is InChI=1S/C16H20F3NO3/c1-10(20-13-6-2-12(3-7-13)15(21)22)11-4-8-14(9-5-11)23-16(17,18)19/h4-5,8-10,12-13,20H,2-3,6-7H2,1H3,(H,21,22)/t10-,12?,13?/m0/s1. The highest BCUT2D eigenvalue weighted by atomic mass is 19.4. The van der Waals surface area contributed by atoms with E-state index in [2.05, 4.69) is 10.1 Å². The lowest BCUT2D eigenvalue weighted by Gasteiger charge is -2.29. The molecule has 1 aliphatic carbocycles. The summed E-state index contributed by atoms with van der Waals surface area (Å²) in [6, 6.07) is 5.99. The molecule has 0 spiro atoms. The minimum atomic E-state index is -4.69. The van der Waals surface area contributed by atoms with E-state index < -0.39 is 12.3 Å². The number of carbonyl (C=O) groups is 1. The number of benzene rings is 1. The van der Waals surface area contributed by atoms with Crippen molar-refractivity contribution < 1.29 is 27.8 Å². The molecule has 2 rings (SSSR count). The van der Waals surface area contributed by atoms with Crippen LogP contribution in [0.5, 0.6) is 5.75 Å². The Morgan fingerprint density at radius 1 is 1.22 bits per heavy atom. The van der Waals surface area contributed by atoms with Gasteiger partial charge in [0.15, 0.2) is 0 Å². The number of hydrogen-bond acceptors (Lipinski definition) is 3. The van der Waals surface area contributed by atoms with Crippen molar-refractivity contribution in [1.82, 2.24) is 5.32 Å². The van der Waals surface area contributed by atoms with Gasteiger partial charge in [0.25, 0.3) is 0 Å². The van der Waals surface area contributed by atoms with Crippen molar-refractivity contribution in [2.45, 2.75) is 51.1 Å². The van der Waals surface area contributed by atoms with E-state index in [0.29, 0.717) is 12.8 Å². The number of nitrogens with one attached hydrogen (secondary N) is 1. The van der Waals surface area contributed by atoms with E-state index in [4.69, 9.17) is 5.11 Å². The van der Waals surface area contributed by atoms with Gasteiger partial charge in [0.2, 0.25) is 0 Å². The molecule has 7 heteroatoms. The van der Waals surface area contributed by atoms with Gasteiger partial charge in [0.05, 0.1) is 5.92 Å². The Morgan fingerprint density at radius 2 is 1.78 bits per heavy atom.